The van der Waals surface area contributed by atoms with Crippen molar-refractivity contribution >= 4 is 40.2 Å². The zero-order valence-corrected chi connectivity index (χ0v) is 15.0. The molecule has 3 rings (SSSR count). The number of aliphatic hydroxyl groups is 1. The van der Waals surface area contributed by atoms with Gasteiger partial charge in [-0.1, -0.05) is 11.6 Å². The lowest BCUT2D eigenvalue weighted by Crippen LogP contribution is -2.53. The second kappa shape index (κ2) is 7.27. The van der Waals surface area contributed by atoms with Crippen LogP contribution in [0.25, 0.3) is 0 Å². The van der Waals surface area contributed by atoms with Gasteiger partial charge in [0, 0.05) is 25.0 Å². The summed E-state index contributed by atoms with van der Waals surface area (Å²) in [6.07, 6.45) is 0.137. The van der Waals surface area contributed by atoms with Crippen LogP contribution < -0.4 is 5.32 Å². The first-order valence-corrected chi connectivity index (χ1v) is 9.46. The Morgan fingerprint density at radius 3 is 3.00 bits per heavy atom. The molecule has 8 heteroatoms. The van der Waals surface area contributed by atoms with Crippen LogP contribution in [0.15, 0.2) is 17.5 Å². The number of nitrogens with zero attached hydrogens (tertiary/aromatic N) is 2. The maximum Gasteiger partial charge on any atom is 0.261 e. The normalized spacial score (nSPS) is 22.2. The number of thiazole rings is 1. The van der Waals surface area contributed by atoms with Crippen LogP contribution in [0, 0.1) is 6.92 Å². The molecule has 23 heavy (non-hydrogen) atoms. The minimum absolute atomic E-state index is 0.172. The van der Waals surface area contributed by atoms with Crippen LogP contribution in [0.3, 0.4) is 0 Å². The number of amides is 1. The third-order valence-corrected chi connectivity index (χ3v) is 5.88. The zero-order chi connectivity index (χ0) is 16.4. The quantitative estimate of drug-likeness (QED) is 0.866. The van der Waals surface area contributed by atoms with Crippen molar-refractivity contribution in [2.24, 2.45) is 0 Å². The highest BCUT2D eigenvalue weighted by molar-refractivity contribution is 7.18. The van der Waals surface area contributed by atoms with E-state index >= 15 is 0 Å². The number of hydrogen-bond acceptors (Lipinski definition) is 6. The van der Waals surface area contributed by atoms with Crippen molar-refractivity contribution in [1.29, 1.82) is 0 Å². The maximum absolute atomic E-state index is 12.2. The van der Waals surface area contributed by atoms with Crippen molar-refractivity contribution in [3.05, 3.63) is 37.4 Å². The van der Waals surface area contributed by atoms with E-state index in [4.69, 9.17) is 11.6 Å². The van der Waals surface area contributed by atoms with Crippen LogP contribution in [-0.2, 0) is 6.54 Å². The molecule has 2 aromatic heterocycles. The highest BCUT2D eigenvalue weighted by Gasteiger charge is 2.29. The Balaban J connectivity index is 1.53. The fraction of sp³-hybridized carbons (Fsp3) is 0.467. The van der Waals surface area contributed by atoms with Crippen molar-refractivity contribution in [2.75, 3.05) is 13.1 Å². The van der Waals surface area contributed by atoms with E-state index in [1.165, 1.54) is 11.3 Å². The fourth-order valence-electron chi connectivity index (χ4n) is 2.69. The number of thiophene rings is 1. The Bertz CT molecular complexity index is 688. The second-order valence-corrected chi connectivity index (χ2v) is 8.41. The van der Waals surface area contributed by atoms with Crippen LogP contribution in [0.2, 0.25) is 4.34 Å². The first-order chi connectivity index (χ1) is 11.0. The maximum atomic E-state index is 12.2. The molecular formula is C15H18ClN3O2S2. The number of aromatic nitrogens is 1. The Morgan fingerprint density at radius 1 is 1.57 bits per heavy atom. The van der Waals surface area contributed by atoms with Gasteiger partial charge in [0.1, 0.15) is 0 Å². The number of aryl methyl sites for hydroxylation is 1. The van der Waals surface area contributed by atoms with E-state index < -0.39 is 6.10 Å². The molecule has 0 saturated carbocycles. The number of β-amino-alcohol motifs (C(OH)–C–C–N with tert-alkyl or cyclic N) is 1. The molecule has 2 atom stereocenters. The van der Waals surface area contributed by atoms with Crippen LogP contribution in [-0.4, -0.2) is 46.1 Å². The van der Waals surface area contributed by atoms with Gasteiger partial charge in [0.2, 0.25) is 0 Å². The summed E-state index contributed by atoms with van der Waals surface area (Å²) in [5.41, 5.74) is 1.04. The Kier molecular flexibility index (Phi) is 5.33. The zero-order valence-electron chi connectivity index (χ0n) is 12.7. The van der Waals surface area contributed by atoms with Crippen molar-refractivity contribution in [2.45, 2.75) is 32.0 Å². The molecule has 5 nitrogen and oxygen atoms in total. The molecule has 1 fully saturated rings. The monoisotopic (exact) mass is 371 g/mol. The highest BCUT2D eigenvalue weighted by Crippen LogP contribution is 2.22. The predicted octanol–water partition coefficient (Wildman–Crippen LogP) is 2.53. The van der Waals surface area contributed by atoms with E-state index in [-0.39, 0.29) is 11.9 Å². The van der Waals surface area contributed by atoms with Gasteiger partial charge < -0.3 is 10.4 Å². The summed E-state index contributed by atoms with van der Waals surface area (Å²) in [6, 6.07) is 3.18. The number of halogens is 1. The summed E-state index contributed by atoms with van der Waals surface area (Å²) in [4.78, 5) is 19.4. The van der Waals surface area contributed by atoms with Gasteiger partial charge in [0.15, 0.2) is 0 Å². The lowest BCUT2D eigenvalue weighted by molar-refractivity contribution is 0.0347. The van der Waals surface area contributed by atoms with E-state index in [1.807, 2.05) is 6.92 Å². The Hall–Kier alpha value is -0.990. The van der Waals surface area contributed by atoms with Gasteiger partial charge in [-0.05, 0) is 25.5 Å². The van der Waals surface area contributed by atoms with Crippen molar-refractivity contribution in [1.82, 2.24) is 15.2 Å². The SMILES string of the molecule is Cc1nc(CN2CC[C@@H](NC(=O)c3ccc(Cl)s3)[C@H](O)C2)cs1. The van der Waals surface area contributed by atoms with Crippen LogP contribution >= 0.6 is 34.3 Å². The summed E-state index contributed by atoms with van der Waals surface area (Å²) in [5.74, 6) is -0.172. The minimum Gasteiger partial charge on any atom is -0.390 e. The van der Waals surface area contributed by atoms with Crippen molar-refractivity contribution < 1.29 is 9.90 Å². The standard InChI is InChI=1S/C15H18ClN3O2S2/c1-9-17-10(8-22-9)6-19-5-4-11(12(20)7-19)18-15(21)13-2-3-14(16)23-13/h2-3,8,11-12,20H,4-7H2,1H3,(H,18,21)/t11-,12-/m1/s1. The van der Waals surface area contributed by atoms with Crippen LogP contribution in [0.1, 0.15) is 26.8 Å². The Morgan fingerprint density at radius 2 is 2.39 bits per heavy atom. The molecule has 0 unspecified atom stereocenters. The number of likely N-dealkylation sites (tertiary alicyclic amines) is 1. The number of nitrogens with one attached hydrogen (secondary N) is 1. The highest BCUT2D eigenvalue weighted by atomic mass is 35.5. The number of carbonyl (C=O) groups is 1. The molecule has 1 aliphatic heterocycles. The average molecular weight is 372 g/mol. The first-order valence-electron chi connectivity index (χ1n) is 7.39. The fourth-order valence-corrected chi connectivity index (χ4v) is 4.24. The summed E-state index contributed by atoms with van der Waals surface area (Å²) >= 11 is 8.73. The molecule has 2 aromatic rings. The molecule has 0 aliphatic carbocycles. The lowest BCUT2D eigenvalue weighted by atomic mass is 10.0. The van der Waals surface area contributed by atoms with Gasteiger partial charge >= 0.3 is 0 Å². The second-order valence-electron chi connectivity index (χ2n) is 5.63. The molecule has 1 saturated heterocycles. The molecular weight excluding hydrogens is 354 g/mol. The average Bonchev–Trinajstić information content (AvgIpc) is 3.10. The van der Waals surface area contributed by atoms with Crippen LogP contribution in [0.4, 0.5) is 0 Å². The van der Waals surface area contributed by atoms with E-state index in [0.29, 0.717) is 15.8 Å². The van der Waals surface area contributed by atoms with Gasteiger partial charge in [0.25, 0.3) is 5.91 Å². The number of piperidine rings is 1. The predicted molar refractivity (Wildman–Crippen MR) is 93.3 cm³/mol. The number of aliphatic hydroxyl groups excluding tert-OH is 1. The summed E-state index contributed by atoms with van der Waals surface area (Å²) < 4.78 is 0.587. The third kappa shape index (κ3) is 4.30. The van der Waals surface area contributed by atoms with E-state index in [9.17, 15) is 9.90 Å². The summed E-state index contributed by atoms with van der Waals surface area (Å²) in [7, 11) is 0. The third-order valence-electron chi connectivity index (χ3n) is 3.83. The number of rotatable bonds is 4. The van der Waals surface area contributed by atoms with Crippen LogP contribution in [0.5, 0.6) is 0 Å². The van der Waals surface area contributed by atoms with E-state index in [2.05, 4.69) is 20.6 Å². The lowest BCUT2D eigenvalue weighted by Gasteiger charge is -2.35. The first kappa shape index (κ1) is 16.9. The van der Waals surface area contributed by atoms with E-state index in [0.717, 1.165) is 30.2 Å². The largest absolute Gasteiger partial charge is 0.390 e. The molecule has 124 valence electrons. The smallest absolute Gasteiger partial charge is 0.261 e. The summed E-state index contributed by atoms with van der Waals surface area (Å²) in [5, 5.41) is 16.3. The topological polar surface area (TPSA) is 65.5 Å². The van der Waals surface area contributed by atoms with Gasteiger partial charge in [-0.3, -0.25) is 9.69 Å². The van der Waals surface area contributed by atoms with Gasteiger partial charge in [-0.2, -0.15) is 0 Å². The Labute approximate surface area is 147 Å². The molecule has 0 aromatic carbocycles. The van der Waals surface area contributed by atoms with Gasteiger partial charge in [-0.25, -0.2) is 4.98 Å². The molecule has 0 spiro atoms. The van der Waals surface area contributed by atoms with Crippen molar-refractivity contribution in [3.63, 3.8) is 0 Å². The number of carbonyl (C=O) groups excluding carboxylic acids is 1. The van der Waals surface area contributed by atoms with Gasteiger partial charge in [-0.15, -0.1) is 22.7 Å². The summed E-state index contributed by atoms with van der Waals surface area (Å²) in [6.45, 7) is 4.08. The van der Waals surface area contributed by atoms with E-state index in [1.54, 1.807) is 23.5 Å². The molecule has 0 bridgehead atoms. The van der Waals surface area contributed by atoms with Crippen molar-refractivity contribution in [3.8, 4) is 0 Å². The number of hydrogen-bond donors (Lipinski definition) is 2. The minimum atomic E-state index is -0.581. The molecule has 2 N–H and O–H groups in total. The molecule has 3 heterocycles. The molecule has 1 amide bonds. The molecule has 1 aliphatic rings. The van der Waals surface area contributed by atoms with Gasteiger partial charge in [0.05, 0.1) is 32.1 Å². The molecule has 0 radical (unpaired) electrons.